The summed E-state index contributed by atoms with van der Waals surface area (Å²) in [6.07, 6.45) is 4.82. The highest BCUT2D eigenvalue weighted by atomic mass is 32.2. The molecule has 1 saturated heterocycles. The average molecular weight is 426 g/mol. The molecule has 1 aliphatic rings. The molecule has 148 valence electrons. The van der Waals surface area contributed by atoms with Crippen LogP contribution < -0.4 is 9.47 Å². The van der Waals surface area contributed by atoms with E-state index in [2.05, 4.69) is 0 Å². The van der Waals surface area contributed by atoms with Crippen LogP contribution in [-0.4, -0.2) is 34.8 Å². The molecule has 0 aromatic heterocycles. The number of methoxy groups -OCH3 is 1. The monoisotopic (exact) mass is 425 g/mol. The van der Waals surface area contributed by atoms with E-state index in [1.165, 1.54) is 17.8 Å². The fraction of sp³-hybridized carbons (Fsp3) is 0.136. The number of rotatable bonds is 6. The van der Waals surface area contributed by atoms with Gasteiger partial charge in [0, 0.05) is 12.6 Å². The van der Waals surface area contributed by atoms with Crippen LogP contribution in [0.3, 0.4) is 0 Å². The average Bonchev–Trinajstić information content (AvgIpc) is 3.00. The molecule has 0 N–H and O–H groups in total. The van der Waals surface area contributed by atoms with Crippen molar-refractivity contribution in [2.75, 3.05) is 13.7 Å². The SMILES string of the molecule is CCN1C(=O)/C(=C/c2ccc(OC(=O)/C=C/c3ccc(OC)cc3)cc2)SC1=S. The molecule has 0 saturated carbocycles. The van der Waals surface area contributed by atoms with Crippen molar-refractivity contribution in [3.8, 4) is 11.5 Å². The van der Waals surface area contributed by atoms with Gasteiger partial charge in [-0.1, -0.05) is 48.2 Å². The van der Waals surface area contributed by atoms with Crippen molar-refractivity contribution in [2.24, 2.45) is 0 Å². The Morgan fingerprint density at radius 1 is 1.07 bits per heavy atom. The summed E-state index contributed by atoms with van der Waals surface area (Å²) in [5.41, 5.74) is 1.69. The van der Waals surface area contributed by atoms with Crippen molar-refractivity contribution in [2.45, 2.75) is 6.92 Å². The van der Waals surface area contributed by atoms with Crippen LogP contribution in [0.5, 0.6) is 11.5 Å². The number of hydrogen-bond donors (Lipinski definition) is 0. The maximum Gasteiger partial charge on any atom is 0.336 e. The normalized spacial score (nSPS) is 15.4. The van der Waals surface area contributed by atoms with Gasteiger partial charge in [-0.05, 0) is 54.5 Å². The number of thioether (sulfide) groups is 1. The summed E-state index contributed by atoms with van der Waals surface area (Å²) in [6.45, 7) is 2.45. The third-order valence-corrected chi connectivity index (χ3v) is 5.49. The highest BCUT2D eigenvalue weighted by Crippen LogP contribution is 2.32. The van der Waals surface area contributed by atoms with Crippen molar-refractivity contribution >= 4 is 52.3 Å². The molecule has 1 fully saturated rings. The van der Waals surface area contributed by atoms with E-state index < -0.39 is 5.97 Å². The first kappa shape index (κ1) is 20.8. The van der Waals surface area contributed by atoms with Gasteiger partial charge in [0.1, 0.15) is 15.8 Å². The Hall–Kier alpha value is -2.90. The Labute approximate surface area is 179 Å². The largest absolute Gasteiger partial charge is 0.497 e. The molecule has 5 nitrogen and oxygen atoms in total. The fourth-order valence-electron chi connectivity index (χ4n) is 2.59. The summed E-state index contributed by atoms with van der Waals surface area (Å²) in [4.78, 5) is 26.4. The van der Waals surface area contributed by atoms with E-state index in [1.807, 2.05) is 31.2 Å². The van der Waals surface area contributed by atoms with Gasteiger partial charge in [-0.2, -0.15) is 0 Å². The van der Waals surface area contributed by atoms with Crippen molar-refractivity contribution < 1.29 is 19.1 Å². The molecule has 0 bridgehead atoms. The molecule has 0 atom stereocenters. The van der Waals surface area contributed by atoms with E-state index in [1.54, 1.807) is 48.4 Å². The predicted octanol–water partition coefficient (Wildman–Crippen LogP) is 4.54. The molecular weight excluding hydrogens is 406 g/mol. The van der Waals surface area contributed by atoms with Gasteiger partial charge in [-0.3, -0.25) is 9.69 Å². The van der Waals surface area contributed by atoms with E-state index in [0.717, 1.165) is 16.9 Å². The zero-order valence-corrected chi connectivity index (χ0v) is 17.6. The number of carbonyl (C=O) groups excluding carboxylic acids is 2. The zero-order chi connectivity index (χ0) is 20.8. The lowest BCUT2D eigenvalue weighted by atomic mass is 10.2. The molecular formula is C22H19NO4S2. The molecule has 29 heavy (non-hydrogen) atoms. The number of ether oxygens (including phenoxy) is 2. The van der Waals surface area contributed by atoms with Crippen LogP contribution in [-0.2, 0) is 9.59 Å². The number of nitrogens with zero attached hydrogens (tertiary/aromatic N) is 1. The summed E-state index contributed by atoms with van der Waals surface area (Å²) < 4.78 is 11.0. The summed E-state index contributed by atoms with van der Waals surface area (Å²) in [5, 5.41) is 0. The van der Waals surface area contributed by atoms with Crippen molar-refractivity contribution in [1.82, 2.24) is 4.90 Å². The number of benzene rings is 2. The van der Waals surface area contributed by atoms with E-state index >= 15 is 0 Å². The second kappa shape index (κ2) is 9.54. The minimum absolute atomic E-state index is 0.0818. The third-order valence-electron chi connectivity index (χ3n) is 4.11. The Morgan fingerprint density at radius 3 is 2.28 bits per heavy atom. The molecule has 3 rings (SSSR count). The van der Waals surface area contributed by atoms with E-state index in [-0.39, 0.29) is 5.91 Å². The minimum atomic E-state index is -0.475. The maximum atomic E-state index is 12.3. The lowest BCUT2D eigenvalue weighted by Crippen LogP contribution is -2.27. The van der Waals surface area contributed by atoms with Crippen LogP contribution in [0.1, 0.15) is 18.1 Å². The van der Waals surface area contributed by atoms with Crippen LogP contribution in [0.2, 0.25) is 0 Å². The molecule has 7 heteroatoms. The minimum Gasteiger partial charge on any atom is -0.497 e. The molecule has 2 aromatic carbocycles. The van der Waals surface area contributed by atoms with Gasteiger partial charge >= 0.3 is 5.97 Å². The van der Waals surface area contributed by atoms with Crippen LogP contribution in [0, 0.1) is 0 Å². The first-order valence-corrected chi connectivity index (χ1v) is 10.1. The molecule has 0 aliphatic carbocycles. The first-order valence-electron chi connectivity index (χ1n) is 8.89. The Bertz CT molecular complexity index is 979. The van der Waals surface area contributed by atoms with Gasteiger partial charge in [0.15, 0.2) is 0 Å². The molecule has 0 spiro atoms. The van der Waals surface area contributed by atoms with Gasteiger partial charge in [0.05, 0.1) is 12.0 Å². The van der Waals surface area contributed by atoms with E-state index in [0.29, 0.717) is 21.5 Å². The molecule has 0 unspecified atom stereocenters. The second-order valence-corrected chi connectivity index (χ2v) is 7.70. The zero-order valence-electron chi connectivity index (χ0n) is 16.0. The molecule has 1 amide bonds. The number of carbonyl (C=O) groups is 2. The Kier molecular flexibility index (Phi) is 6.85. The van der Waals surface area contributed by atoms with Crippen LogP contribution >= 0.6 is 24.0 Å². The number of esters is 1. The number of likely N-dealkylation sites (N-methyl/N-ethyl adjacent to an activating group) is 1. The standard InChI is InChI=1S/C22H19NO4S2/c1-3-23-21(25)19(29-22(23)28)14-16-6-11-18(12-7-16)27-20(24)13-8-15-4-9-17(26-2)10-5-15/h4-14H,3H2,1-2H3/b13-8+,19-14-. The third kappa shape index (κ3) is 5.34. The smallest absolute Gasteiger partial charge is 0.336 e. The second-order valence-electron chi connectivity index (χ2n) is 6.02. The van der Waals surface area contributed by atoms with Crippen LogP contribution in [0.25, 0.3) is 12.2 Å². The Balaban J connectivity index is 1.61. The molecule has 0 radical (unpaired) electrons. The number of thiocarbonyl (C=S) groups is 1. The van der Waals surface area contributed by atoms with Gasteiger partial charge in [-0.15, -0.1) is 0 Å². The van der Waals surface area contributed by atoms with E-state index in [4.69, 9.17) is 21.7 Å². The van der Waals surface area contributed by atoms with Crippen molar-refractivity contribution in [1.29, 1.82) is 0 Å². The lowest BCUT2D eigenvalue weighted by Gasteiger charge is -2.09. The van der Waals surface area contributed by atoms with E-state index in [9.17, 15) is 9.59 Å². The lowest BCUT2D eigenvalue weighted by molar-refractivity contribution is -0.129. The van der Waals surface area contributed by atoms with Gasteiger partial charge in [-0.25, -0.2) is 4.79 Å². The quantitative estimate of drug-likeness (QED) is 0.293. The summed E-state index contributed by atoms with van der Waals surface area (Å²) in [7, 11) is 1.60. The highest BCUT2D eigenvalue weighted by molar-refractivity contribution is 8.26. The molecule has 1 aliphatic heterocycles. The molecule has 1 heterocycles. The van der Waals surface area contributed by atoms with Crippen molar-refractivity contribution in [3.63, 3.8) is 0 Å². The van der Waals surface area contributed by atoms with Gasteiger partial charge in [0.25, 0.3) is 5.91 Å². The summed E-state index contributed by atoms with van der Waals surface area (Å²) in [5.74, 6) is 0.619. The van der Waals surface area contributed by atoms with Crippen LogP contribution in [0.4, 0.5) is 0 Å². The fourth-order valence-corrected chi connectivity index (χ4v) is 3.97. The number of amides is 1. The predicted molar refractivity (Wildman–Crippen MR) is 120 cm³/mol. The maximum absolute atomic E-state index is 12.3. The van der Waals surface area contributed by atoms with Crippen LogP contribution in [0.15, 0.2) is 59.5 Å². The van der Waals surface area contributed by atoms with Gasteiger partial charge in [0.2, 0.25) is 0 Å². The van der Waals surface area contributed by atoms with Crippen molar-refractivity contribution in [3.05, 3.63) is 70.6 Å². The van der Waals surface area contributed by atoms with Gasteiger partial charge < -0.3 is 9.47 Å². The summed E-state index contributed by atoms with van der Waals surface area (Å²) >= 11 is 6.50. The molecule has 2 aromatic rings. The summed E-state index contributed by atoms with van der Waals surface area (Å²) in [6, 6.07) is 14.3. The Morgan fingerprint density at radius 2 is 1.69 bits per heavy atom. The number of hydrogen-bond acceptors (Lipinski definition) is 6. The highest BCUT2D eigenvalue weighted by Gasteiger charge is 2.30. The topological polar surface area (TPSA) is 55.8 Å². The first-order chi connectivity index (χ1) is 14.0.